The van der Waals surface area contributed by atoms with E-state index < -0.39 is 0 Å². The third kappa shape index (κ3) is 4.59. The van der Waals surface area contributed by atoms with Crippen LogP contribution in [0.15, 0.2) is 48.5 Å². The molecule has 1 amide bonds. The Morgan fingerprint density at radius 3 is 2.50 bits per heavy atom. The lowest BCUT2D eigenvalue weighted by atomic mass is 9.98. The molecule has 1 N–H and O–H groups in total. The summed E-state index contributed by atoms with van der Waals surface area (Å²) in [5.74, 6) is 1.23. The lowest BCUT2D eigenvalue weighted by molar-refractivity contribution is 0.0952. The van der Waals surface area contributed by atoms with Crippen molar-refractivity contribution >= 4 is 5.91 Å². The van der Waals surface area contributed by atoms with Gasteiger partial charge in [-0.05, 0) is 57.6 Å². The number of aromatic nitrogens is 2. The summed E-state index contributed by atoms with van der Waals surface area (Å²) in [6.07, 6.45) is 4.11. The Morgan fingerprint density at radius 1 is 1.03 bits per heavy atom. The Balaban J connectivity index is 1.57. The lowest BCUT2D eigenvalue weighted by Gasteiger charge is -2.15. The van der Waals surface area contributed by atoms with Gasteiger partial charge in [-0.1, -0.05) is 54.1 Å². The Morgan fingerprint density at radius 2 is 1.80 bits per heavy atom. The van der Waals surface area contributed by atoms with E-state index in [1.54, 1.807) is 0 Å². The van der Waals surface area contributed by atoms with Gasteiger partial charge in [0.25, 0.3) is 5.91 Å². The van der Waals surface area contributed by atoms with Crippen LogP contribution in [-0.4, -0.2) is 22.4 Å². The van der Waals surface area contributed by atoms with Crippen molar-refractivity contribution in [1.82, 2.24) is 15.3 Å². The molecule has 0 aliphatic heterocycles. The third-order valence-electron chi connectivity index (χ3n) is 5.68. The largest absolute Gasteiger partial charge is 0.352 e. The van der Waals surface area contributed by atoms with Gasteiger partial charge < -0.3 is 5.32 Å². The van der Waals surface area contributed by atoms with Gasteiger partial charge in [0.1, 0.15) is 5.82 Å². The van der Waals surface area contributed by atoms with Crippen molar-refractivity contribution in [3.63, 3.8) is 0 Å². The standard InChI is InChI=1S/C26H29N3O/c1-17-11-14-22(18(2)16-17)24-23(19(3)28-25(29-24)21-12-13-21)26(30)27-15-7-10-20-8-5-4-6-9-20/h4-6,8-9,11,14,16,21H,7,10,12-13,15H2,1-3H3,(H,27,30). The van der Waals surface area contributed by atoms with Gasteiger partial charge in [-0.25, -0.2) is 9.97 Å². The second-order valence-corrected chi connectivity index (χ2v) is 8.33. The highest BCUT2D eigenvalue weighted by Crippen LogP contribution is 2.39. The molecule has 0 radical (unpaired) electrons. The van der Waals surface area contributed by atoms with Gasteiger partial charge in [0.15, 0.2) is 0 Å². The number of hydrogen-bond acceptors (Lipinski definition) is 3. The summed E-state index contributed by atoms with van der Waals surface area (Å²) < 4.78 is 0. The number of nitrogens with zero attached hydrogens (tertiary/aromatic N) is 2. The second kappa shape index (κ2) is 8.78. The quantitative estimate of drug-likeness (QED) is 0.548. The van der Waals surface area contributed by atoms with Crippen LogP contribution in [0.2, 0.25) is 0 Å². The Bertz CT molecular complexity index is 1060. The Hall–Kier alpha value is -3.01. The topological polar surface area (TPSA) is 54.9 Å². The number of benzene rings is 2. The fourth-order valence-electron chi connectivity index (χ4n) is 3.89. The zero-order chi connectivity index (χ0) is 21.1. The molecular formula is C26H29N3O. The highest BCUT2D eigenvalue weighted by molar-refractivity contribution is 6.01. The normalized spacial score (nSPS) is 13.3. The number of nitrogens with one attached hydrogen (secondary N) is 1. The maximum Gasteiger partial charge on any atom is 0.255 e. The highest BCUT2D eigenvalue weighted by Gasteiger charge is 2.29. The molecule has 4 nitrogen and oxygen atoms in total. The van der Waals surface area contributed by atoms with E-state index in [2.05, 4.69) is 49.5 Å². The summed E-state index contributed by atoms with van der Waals surface area (Å²) >= 11 is 0. The minimum Gasteiger partial charge on any atom is -0.352 e. The molecule has 4 heteroatoms. The van der Waals surface area contributed by atoms with E-state index in [4.69, 9.17) is 9.97 Å². The van der Waals surface area contributed by atoms with E-state index in [1.807, 2.05) is 25.1 Å². The molecule has 0 atom stereocenters. The van der Waals surface area contributed by atoms with Crippen molar-refractivity contribution in [3.8, 4) is 11.3 Å². The molecule has 0 spiro atoms. The van der Waals surface area contributed by atoms with Crippen LogP contribution in [0.5, 0.6) is 0 Å². The first-order valence-corrected chi connectivity index (χ1v) is 10.8. The maximum absolute atomic E-state index is 13.2. The number of carbonyl (C=O) groups is 1. The van der Waals surface area contributed by atoms with E-state index in [1.165, 1.54) is 11.1 Å². The van der Waals surface area contributed by atoms with Gasteiger partial charge in [-0.15, -0.1) is 0 Å². The van der Waals surface area contributed by atoms with Crippen LogP contribution in [0, 0.1) is 20.8 Å². The van der Waals surface area contributed by atoms with Gasteiger partial charge >= 0.3 is 0 Å². The van der Waals surface area contributed by atoms with Crippen LogP contribution in [0.25, 0.3) is 11.3 Å². The predicted octanol–water partition coefficient (Wildman–Crippen LogP) is 5.31. The highest BCUT2D eigenvalue weighted by atomic mass is 16.1. The van der Waals surface area contributed by atoms with Crippen LogP contribution in [-0.2, 0) is 6.42 Å². The fraction of sp³-hybridized carbons (Fsp3) is 0.346. The van der Waals surface area contributed by atoms with E-state index in [0.29, 0.717) is 18.0 Å². The zero-order valence-corrected chi connectivity index (χ0v) is 18.0. The van der Waals surface area contributed by atoms with Gasteiger partial charge in [0.05, 0.1) is 17.0 Å². The molecule has 1 aliphatic carbocycles. The third-order valence-corrected chi connectivity index (χ3v) is 5.68. The summed E-state index contributed by atoms with van der Waals surface area (Å²) in [5.41, 5.74) is 6.78. The van der Waals surface area contributed by atoms with Crippen molar-refractivity contribution in [2.75, 3.05) is 6.54 Å². The van der Waals surface area contributed by atoms with Crippen LogP contribution in [0.1, 0.15) is 63.7 Å². The molecule has 3 aromatic rings. The molecule has 1 aliphatic rings. The summed E-state index contributed by atoms with van der Waals surface area (Å²) in [7, 11) is 0. The average Bonchev–Trinajstić information content (AvgIpc) is 3.57. The average molecular weight is 400 g/mol. The summed E-state index contributed by atoms with van der Waals surface area (Å²) in [6, 6.07) is 16.7. The monoisotopic (exact) mass is 399 g/mol. The molecule has 1 aromatic heterocycles. The smallest absolute Gasteiger partial charge is 0.255 e. The summed E-state index contributed by atoms with van der Waals surface area (Å²) in [6.45, 7) is 6.72. The zero-order valence-electron chi connectivity index (χ0n) is 18.0. The summed E-state index contributed by atoms with van der Waals surface area (Å²) in [5, 5.41) is 3.10. The van der Waals surface area contributed by atoms with Crippen molar-refractivity contribution < 1.29 is 4.79 Å². The first-order valence-electron chi connectivity index (χ1n) is 10.8. The molecule has 0 unspecified atom stereocenters. The molecule has 1 saturated carbocycles. The number of rotatable bonds is 7. The number of hydrogen-bond donors (Lipinski definition) is 1. The minimum atomic E-state index is -0.0853. The number of aryl methyl sites for hydroxylation is 4. The molecule has 1 heterocycles. The number of amides is 1. The molecule has 0 saturated heterocycles. The molecule has 30 heavy (non-hydrogen) atoms. The van der Waals surface area contributed by atoms with Crippen molar-refractivity contribution in [2.24, 2.45) is 0 Å². The first kappa shape index (κ1) is 20.3. The molecule has 4 rings (SSSR count). The Labute approximate surface area is 178 Å². The van der Waals surface area contributed by atoms with Gasteiger partial charge in [-0.2, -0.15) is 0 Å². The molecule has 154 valence electrons. The van der Waals surface area contributed by atoms with Crippen molar-refractivity contribution in [2.45, 2.75) is 52.4 Å². The summed E-state index contributed by atoms with van der Waals surface area (Å²) in [4.78, 5) is 22.7. The van der Waals surface area contributed by atoms with Crippen LogP contribution < -0.4 is 5.32 Å². The van der Waals surface area contributed by atoms with Gasteiger partial charge in [0, 0.05) is 18.0 Å². The molecular weight excluding hydrogens is 370 g/mol. The lowest BCUT2D eigenvalue weighted by Crippen LogP contribution is -2.27. The van der Waals surface area contributed by atoms with E-state index in [-0.39, 0.29) is 5.91 Å². The molecule has 1 fully saturated rings. The van der Waals surface area contributed by atoms with Crippen molar-refractivity contribution in [3.05, 3.63) is 82.3 Å². The molecule has 2 aromatic carbocycles. The van der Waals surface area contributed by atoms with E-state index in [9.17, 15) is 4.79 Å². The number of carbonyl (C=O) groups excluding carboxylic acids is 1. The molecule has 0 bridgehead atoms. The van der Waals surface area contributed by atoms with Crippen molar-refractivity contribution in [1.29, 1.82) is 0 Å². The first-order chi connectivity index (χ1) is 14.5. The van der Waals surface area contributed by atoms with Crippen LogP contribution in [0.3, 0.4) is 0 Å². The second-order valence-electron chi connectivity index (χ2n) is 8.33. The SMILES string of the molecule is Cc1ccc(-c2nc(C3CC3)nc(C)c2C(=O)NCCCc2ccccc2)c(C)c1. The minimum absolute atomic E-state index is 0.0853. The van der Waals surface area contributed by atoms with Crippen LogP contribution in [0.4, 0.5) is 0 Å². The maximum atomic E-state index is 13.2. The van der Waals surface area contributed by atoms with Gasteiger partial charge in [-0.3, -0.25) is 4.79 Å². The van der Waals surface area contributed by atoms with Gasteiger partial charge in [0.2, 0.25) is 0 Å². The predicted molar refractivity (Wildman–Crippen MR) is 121 cm³/mol. The van der Waals surface area contributed by atoms with E-state index >= 15 is 0 Å². The van der Waals surface area contributed by atoms with Crippen LogP contribution >= 0.6 is 0 Å². The fourth-order valence-corrected chi connectivity index (χ4v) is 3.89. The van der Waals surface area contributed by atoms with E-state index in [0.717, 1.165) is 54.0 Å². The Kier molecular flexibility index (Phi) is 5.93.